The molecule has 2 aromatic rings. The number of hydrogen-bond acceptors (Lipinski definition) is 3. The normalized spacial score (nSPS) is 12.2. The largest absolute Gasteiger partial charge is 0.496 e. The minimum atomic E-state index is -0.0317. The average Bonchev–Trinajstić information content (AvgIpc) is 2.45. The summed E-state index contributed by atoms with van der Waals surface area (Å²) in [7, 11) is 1.70. The second kappa shape index (κ2) is 6.82. The maximum atomic E-state index is 6.37. The summed E-state index contributed by atoms with van der Waals surface area (Å²) in [5, 5.41) is 0. The van der Waals surface area contributed by atoms with Gasteiger partial charge in [0.05, 0.1) is 7.11 Å². The Kier molecular flexibility index (Phi) is 5.10. The second-order valence-electron chi connectivity index (χ2n) is 4.93. The lowest BCUT2D eigenvalue weighted by atomic mass is 9.99. The SMILES string of the molecule is COc1cc(C)cc(C)c1C(N)CSc1ccccc1. The van der Waals surface area contributed by atoms with Crippen molar-refractivity contribution >= 4 is 11.8 Å². The molecule has 1 unspecified atom stereocenters. The van der Waals surface area contributed by atoms with Crippen LogP contribution < -0.4 is 10.5 Å². The predicted octanol–water partition coefficient (Wildman–Crippen LogP) is 4.10. The molecule has 106 valence electrons. The zero-order valence-corrected chi connectivity index (χ0v) is 13.0. The van der Waals surface area contributed by atoms with E-state index in [0.717, 1.165) is 17.1 Å². The van der Waals surface area contributed by atoms with Crippen LogP contribution in [0, 0.1) is 13.8 Å². The first-order chi connectivity index (χ1) is 9.61. The predicted molar refractivity (Wildman–Crippen MR) is 86.6 cm³/mol. The monoisotopic (exact) mass is 287 g/mol. The quantitative estimate of drug-likeness (QED) is 0.841. The van der Waals surface area contributed by atoms with Gasteiger partial charge < -0.3 is 10.5 Å². The molecule has 0 aliphatic heterocycles. The van der Waals surface area contributed by atoms with Crippen molar-refractivity contribution in [1.29, 1.82) is 0 Å². The van der Waals surface area contributed by atoms with Crippen molar-refractivity contribution in [3.8, 4) is 5.75 Å². The molecule has 0 aliphatic rings. The molecular weight excluding hydrogens is 266 g/mol. The highest BCUT2D eigenvalue weighted by Gasteiger charge is 2.15. The molecule has 0 heterocycles. The molecule has 0 saturated carbocycles. The molecule has 2 rings (SSSR count). The maximum Gasteiger partial charge on any atom is 0.124 e. The Morgan fingerprint density at radius 1 is 1.15 bits per heavy atom. The van der Waals surface area contributed by atoms with Crippen LogP contribution >= 0.6 is 11.8 Å². The van der Waals surface area contributed by atoms with E-state index in [-0.39, 0.29) is 6.04 Å². The van der Waals surface area contributed by atoms with E-state index in [1.807, 2.05) is 18.2 Å². The fraction of sp³-hybridized carbons (Fsp3) is 0.294. The molecule has 0 aliphatic carbocycles. The van der Waals surface area contributed by atoms with Crippen LogP contribution in [0.1, 0.15) is 22.7 Å². The molecule has 2 N–H and O–H groups in total. The Morgan fingerprint density at radius 2 is 1.85 bits per heavy atom. The van der Waals surface area contributed by atoms with Crippen LogP contribution in [0.2, 0.25) is 0 Å². The first kappa shape index (κ1) is 14.9. The number of ether oxygens (including phenoxy) is 1. The van der Waals surface area contributed by atoms with Crippen molar-refractivity contribution < 1.29 is 4.74 Å². The minimum absolute atomic E-state index is 0.0317. The third-order valence-electron chi connectivity index (χ3n) is 3.26. The van der Waals surface area contributed by atoms with Gasteiger partial charge in [-0.3, -0.25) is 0 Å². The molecular formula is C17H21NOS. The van der Waals surface area contributed by atoms with Gasteiger partial charge in [0.15, 0.2) is 0 Å². The van der Waals surface area contributed by atoms with E-state index in [0.29, 0.717) is 0 Å². The fourth-order valence-corrected chi connectivity index (χ4v) is 3.26. The molecule has 2 nitrogen and oxygen atoms in total. The van der Waals surface area contributed by atoms with Crippen molar-refractivity contribution in [3.63, 3.8) is 0 Å². The summed E-state index contributed by atoms with van der Waals surface area (Å²) >= 11 is 1.77. The summed E-state index contributed by atoms with van der Waals surface area (Å²) in [4.78, 5) is 1.24. The Bertz CT molecular complexity index is 569. The number of nitrogens with two attached hydrogens (primary N) is 1. The number of hydrogen-bond donors (Lipinski definition) is 1. The first-order valence-corrected chi connectivity index (χ1v) is 7.69. The summed E-state index contributed by atoms with van der Waals surface area (Å²) < 4.78 is 5.49. The molecule has 2 aromatic carbocycles. The van der Waals surface area contributed by atoms with Crippen molar-refractivity contribution in [2.45, 2.75) is 24.8 Å². The smallest absolute Gasteiger partial charge is 0.124 e. The van der Waals surface area contributed by atoms with Crippen LogP contribution in [-0.4, -0.2) is 12.9 Å². The van der Waals surface area contributed by atoms with E-state index in [9.17, 15) is 0 Å². The molecule has 0 bridgehead atoms. The molecule has 0 aromatic heterocycles. The molecule has 1 atom stereocenters. The second-order valence-corrected chi connectivity index (χ2v) is 6.02. The lowest BCUT2D eigenvalue weighted by Gasteiger charge is -2.19. The van der Waals surface area contributed by atoms with Crippen LogP contribution in [0.25, 0.3) is 0 Å². The Labute approximate surface area is 125 Å². The zero-order chi connectivity index (χ0) is 14.5. The minimum Gasteiger partial charge on any atom is -0.496 e. The van der Waals surface area contributed by atoms with E-state index in [1.165, 1.54) is 16.0 Å². The van der Waals surface area contributed by atoms with Crippen molar-refractivity contribution in [3.05, 3.63) is 59.2 Å². The van der Waals surface area contributed by atoms with Gasteiger partial charge in [-0.15, -0.1) is 11.8 Å². The van der Waals surface area contributed by atoms with E-state index in [2.05, 4.69) is 38.1 Å². The molecule has 0 fully saturated rings. The van der Waals surface area contributed by atoms with Gasteiger partial charge in [0.1, 0.15) is 5.75 Å². The highest BCUT2D eigenvalue weighted by Crippen LogP contribution is 2.32. The lowest BCUT2D eigenvalue weighted by molar-refractivity contribution is 0.406. The van der Waals surface area contributed by atoms with E-state index in [4.69, 9.17) is 10.5 Å². The summed E-state index contributed by atoms with van der Waals surface area (Å²) in [6.45, 7) is 4.17. The van der Waals surface area contributed by atoms with Gasteiger partial charge in [-0.2, -0.15) is 0 Å². The van der Waals surface area contributed by atoms with E-state index in [1.54, 1.807) is 18.9 Å². The fourth-order valence-electron chi connectivity index (χ4n) is 2.37. The molecule has 3 heteroatoms. The number of benzene rings is 2. The average molecular weight is 287 g/mol. The number of thioether (sulfide) groups is 1. The summed E-state index contributed by atoms with van der Waals surface area (Å²) in [5.41, 5.74) is 9.88. The van der Waals surface area contributed by atoms with Gasteiger partial charge >= 0.3 is 0 Å². The van der Waals surface area contributed by atoms with Crippen LogP contribution in [0.5, 0.6) is 5.75 Å². The Balaban J connectivity index is 2.15. The summed E-state index contributed by atoms with van der Waals surface area (Å²) in [6, 6.07) is 14.5. The van der Waals surface area contributed by atoms with Gasteiger partial charge in [-0.25, -0.2) is 0 Å². The Hall–Kier alpha value is -1.45. The van der Waals surface area contributed by atoms with Gasteiger partial charge in [0, 0.05) is 22.3 Å². The first-order valence-electron chi connectivity index (χ1n) is 6.70. The van der Waals surface area contributed by atoms with Gasteiger partial charge in [-0.1, -0.05) is 24.3 Å². The van der Waals surface area contributed by atoms with Crippen LogP contribution in [0.3, 0.4) is 0 Å². The van der Waals surface area contributed by atoms with E-state index < -0.39 is 0 Å². The van der Waals surface area contributed by atoms with Crippen LogP contribution in [0.4, 0.5) is 0 Å². The van der Waals surface area contributed by atoms with Gasteiger partial charge in [-0.05, 0) is 43.2 Å². The van der Waals surface area contributed by atoms with Gasteiger partial charge in [0.25, 0.3) is 0 Å². The third kappa shape index (κ3) is 3.56. The van der Waals surface area contributed by atoms with E-state index >= 15 is 0 Å². The number of aryl methyl sites for hydroxylation is 2. The lowest BCUT2D eigenvalue weighted by Crippen LogP contribution is -2.16. The molecule has 0 spiro atoms. The highest BCUT2D eigenvalue weighted by molar-refractivity contribution is 7.99. The number of rotatable bonds is 5. The van der Waals surface area contributed by atoms with Crippen LogP contribution in [0.15, 0.2) is 47.4 Å². The molecule has 0 amide bonds. The standard InChI is InChI=1S/C17H21NOS/c1-12-9-13(2)17(16(10-12)19-3)15(18)11-20-14-7-5-4-6-8-14/h4-10,15H,11,18H2,1-3H3. The van der Waals surface area contributed by atoms with Crippen molar-refractivity contribution in [2.75, 3.05) is 12.9 Å². The van der Waals surface area contributed by atoms with Crippen molar-refractivity contribution in [1.82, 2.24) is 0 Å². The van der Waals surface area contributed by atoms with Gasteiger partial charge in [0.2, 0.25) is 0 Å². The van der Waals surface area contributed by atoms with Crippen LogP contribution in [-0.2, 0) is 0 Å². The molecule has 0 radical (unpaired) electrons. The topological polar surface area (TPSA) is 35.2 Å². The highest BCUT2D eigenvalue weighted by atomic mass is 32.2. The molecule has 20 heavy (non-hydrogen) atoms. The van der Waals surface area contributed by atoms with Crippen molar-refractivity contribution in [2.24, 2.45) is 5.73 Å². The summed E-state index contributed by atoms with van der Waals surface area (Å²) in [5.74, 6) is 1.73. The maximum absolute atomic E-state index is 6.37. The summed E-state index contributed by atoms with van der Waals surface area (Å²) in [6.07, 6.45) is 0. The Morgan fingerprint density at radius 3 is 2.50 bits per heavy atom. The molecule has 0 saturated heterocycles. The number of methoxy groups -OCH3 is 1. The third-order valence-corrected chi connectivity index (χ3v) is 4.39. The zero-order valence-electron chi connectivity index (χ0n) is 12.2.